The van der Waals surface area contributed by atoms with Gasteiger partial charge in [0.05, 0.1) is 18.5 Å². The average molecular weight is 319 g/mol. The molecule has 0 unspecified atom stereocenters. The highest BCUT2D eigenvalue weighted by Gasteiger charge is 2.01. The summed E-state index contributed by atoms with van der Waals surface area (Å²) in [7, 11) is 0. The molecule has 0 saturated carbocycles. The number of nitrogens with one attached hydrogen (secondary N) is 1. The van der Waals surface area contributed by atoms with Gasteiger partial charge in [-0.1, -0.05) is 34.1 Å². The van der Waals surface area contributed by atoms with Crippen LogP contribution in [0.15, 0.2) is 58.1 Å². The third-order valence-corrected chi connectivity index (χ3v) is 2.94. The molecule has 0 heterocycles. The van der Waals surface area contributed by atoms with Crippen LogP contribution in [0.2, 0.25) is 0 Å². The second-order valence-corrected chi connectivity index (χ2v) is 4.77. The van der Waals surface area contributed by atoms with Crippen LogP contribution in [0.25, 0.3) is 0 Å². The molecule has 0 aliphatic carbocycles. The van der Waals surface area contributed by atoms with Crippen LogP contribution in [0.5, 0.6) is 5.75 Å². The molecule has 0 bridgehead atoms. The van der Waals surface area contributed by atoms with Crippen molar-refractivity contribution in [1.82, 2.24) is 0 Å². The lowest BCUT2D eigenvalue weighted by molar-refractivity contribution is 0.339. The molecular weight excluding hydrogens is 304 g/mol. The molecule has 0 aliphatic rings. The maximum Gasteiger partial charge on any atom is 0.128 e. The minimum Gasteiger partial charge on any atom is -0.493 e. The minimum absolute atomic E-state index is 0.634. The first-order valence-electron chi connectivity index (χ1n) is 6.06. The highest BCUT2D eigenvalue weighted by molar-refractivity contribution is 9.10. The monoisotopic (exact) mass is 318 g/mol. The summed E-state index contributed by atoms with van der Waals surface area (Å²) in [5, 5.41) is 4.22. The van der Waals surface area contributed by atoms with Crippen molar-refractivity contribution in [2.24, 2.45) is 5.10 Å². The summed E-state index contributed by atoms with van der Waals surface area (Å²) in [4.78, 5) is 0. The van der Waals surface area contributed by atoms with Gasteiger partial charge in [-0.25, -0.2) is 0 Å². The molecule has 0 saturated heterocycles. The lowest BCUT2D eigenvalue weighted by Gasteiger charge is -2.07. The zero-order valence-corrected chi connectivity index (χ0v) is 12.2. The number of hydrogen-bond donors (Lipinski definition) is 1. The quantitative estimate of drug-likeness (QED) is 0.659. The van der Waals surface area contributed by atoms with E-state index in [0.29, 0.717) is 6.61 Å². The third kappa shape index (κ3) is 4.10. The number of benzene rings is 2. The summed E-state index contributed by atoms with van der Waals surface area (Å²) in [6, 6.07) is 15.7. The van der Waals surface area contributed by atoms with E-state index in [-0.39, 0.29) is 0 Å². The predicted octanol–water partition coefficient (Wildman–Crippen LogP) is 4.29. The van der Waals surface area contributed by atoms with E-state index in [9.17, 15) is 0 Å². The van der Waals surface area contributed by atoms with Crippen LogP contribution in [0.3, 0.4) is 0 Å². The molecule has 0 atom stereocenters. The number of para-hydroxylation sites is 1. The maximum atomic E-state index is 5.55. The highest BCUT2D eigenvalue weighted by Crippen LogP contribution is 2.21. The van der Waals surface area contributed by atoms with E-state index in [1.807, 2.05) is 55.5 Å². The summed E-state index contributed by atoms with van der Waals surface area (Å²) in [5.41, 5.74) is 4.86. The zero-order valence-electron chi connectivity index (χ0n) is 10.6. The first kappa shape index (κ1) is 13.6. The Kier molecular flexibility index (Phi) is 4.98. The van der Waals surface area contributed by atoms with Crippen molar-refractivity contribution < 1.29 is 4.74 Å². The first-order valence-corrected chi connectivity index (χ1v) is 6.85. The molecule has 0 spiro atoms. The Labute approximate surface area is 121 Å². The van der Waals surface area contributed by atoms with Gasteiger partial charge < -0.3 is 4.74 Å². The fraction of sp³-hybridized carbons (Fsp3) is 0.133. The number of halogens is 1. The Balaban J connectivity index is 2.11. The second-order valence-electron chi connectivity index (χ2n) is 3.85. The van der Waals surface area contributed by atoms with Gasteiger partial charge in [0, 0.05) is 10.0 Å². The predicted molar refractivity (Wildman–Crippen MR) is 83.0 cm³/mol. The largest absolute Gasteiger partial charge is 0.493 e. The minimum atomic E-state index is 0.634. The average Bonchev–Trinajstić information content (AvgIpc) is 2.43. The molecule has 0 aromatic heterocycles. The van der Waals surface area contributed by atoms with E-state index < -0.39 is 0 Å². The van der Waals surface area contributed by atoms with Crippen molar-refractivity contribution in [3.63, 3.8) is 0 Å². The maximum absolute atomic E-state index is 5.55. The Morgan fingerprint density at radius 3 is 2.74 bits per heavy atom. The van der Waals surface area contributed by atoms with Gasteiger partial charge in [-0.05, 0) is 37.3 Å². The van der Waals surface area contributed by atoms with Crippen LogP contribution in [-0.4, -0.2) is 12.8 Å². The van der Waals surface area contributed by atoms with Crippen LogP contribution in [0.1, 0.15) is 12.5 Å². The first-order chi connectivity index (χ1) is 9.29. The highest BCUT2D eigenvalue weighted by atomic mass is 79.9. The van der Waals surface area contributed by atoms with E-state index >= 15 is 0 Å². The number of anilines is 1. The van der Waals surface area contributed by atoms with Crippen molar-refractivity contribution in [2.75, 3.05) is 12.0 Å². The Morgan fingerprint density at radius 2 is 2.00 bits per heavy atom. The Morgan fingerprint density at radius 1 is 1.21 bits per heavy atom. The molecule has 4 heteroatoms. The molecule has 0 fully saturated rings. The van der Waals surface area contributed by atoms with E-state index in [0.717, 1.165) is 21.5 Å². The number of ether oxygens (including phenoxy) is 1. The number of rotatable bonds is 5. The van der Waals surface area contributed by atoms with Crippen molar-refractivity contribution >= 4 is 27.8 Å². The Hall–Kier alpha value is -1.81. The van der Waals surface area contributed by atoms with Crippen molar-refractivity contribution in [3.05, 3.63) is 58.6 Å². The number of hydrazone groups is 1. The summed E-state index contributed by atoms with van der Waals surface area (Å²) in [6.07, 6.45) is 1.75. The molecule has 19 heavy (non-hydrogen) atoms. The van der Waals surface area contributed by atoms with Gasteiger partial charge in [0.1, 0.15) is 5.75 Å². The van der Waals surface area contributed by atoms with Crippen LogP contribution in [0.4, 0.5) is 5.69 Å². The number of nitrogens with zero attached hydrogens (tertiary/aromatic N) is 1. The van der Waals surface area contributed by atoms with Gasteiger partial charge in [0.2, 0.25) is 0 Å². The van der Waals surface area contributed by atoms with E-state index in [1.165, 1.54) is 0 Å². The van der Waals surface area contributed by atoms with Gasteiger partial charge in [-0.2, -0.15) is 5.10 Å². The molecule has 0 radical (unpaired) electrons. The molecule has 0 amide bonds. The fourth-order valence-electron chi connectivity index (χ4n) is 1.60. The van der Waals surface area contributed by atoms with Gasteiger partial charge >= 0.3 is 0 Å². The lowest BCUT2D eigenvalue weighted by atomic mass is 10.2. The molecule has 2 aromatic carbocycles. The third-order valence-electron chi connectivity index (χ3n) is 2.44. The smallest absolute Gasteiger partial charge is 0.128 e. The SMILES string of the molecule is CCOc1ccc(Br)cc1C=NNc1ccccc1. The summed E-state index contributed by atoms with van der Waals surface area (Å²) < 4.78 is 6.55. The van der Waals surface area contributed by atoms with Gasteiger partial charge in [0.15, 0.2) is 0 Å². The molecular formula is C15H15BrN2O. The van der Waals surface area contributed by atoms with Crippen LogP contribution >= 0.6 is 15.9 Å². The standard InChI is InChI=1S/C15H15BrN2O/c1-2-19-15-9-8-13(16)10-12(15)11-17-18-14-6-4-3-5-7-14/h3-11,18H,2H2,1H3. The van der Waals surface area contributed by atoms with E-state index in [4.69, 9.17) is 4.74 Å². The summed E-state index contributed by atoms with van der Waals surface area (Å²) in [6.45, 7) is 2.60. The summed E-state index contributed by atoms with van der Waals surface area (Å²) >= 11 is 3.45. The zero-order chi connectivity index (χ0) is 13.5. The molecule has 3 nitrogen and oxygen atoms in total. The lowest BCUT2D eigenvalue weighted by Crippen LogP contribution is -1.97. The van der Waals surface area contributed by atoms with Crippen LogP contribution in [-0.2, 0) is 0 Å². The van der Waals surface area contributed by atoms with Crippen molar-refractivity contribution in [3.8, 4) is 5.75 Å². The van der Waals surface area contributed by atoms with Crippen molar-refractivity contribution in [1.29, 1.82) is 0 Å². The second kappa shape index (κ2) is 6.95. The molecule has 0 aliphatic heterocycles. The Bertz CT molecular complexity index is 555. The number of hydrogen-bond acceptors (Lipinski definition) is 3. The topological polar surface area (TPSA) is 33.6 Å². The summed E-state index contributed by atoms with van der Waals surface area (Å²) in [5.74, 6) is 0.823. The van der Waals surface area contributed by atoms with Crippen molar-refractivity contribution in [2.45, 2.75) is 6.92 Å². The van der Waals surface area contributed by atoms with Crippen LogP contribution in [0, 0.1) is 0 Å². The molecule has 2 aromatic rings. The molecule has 2 rings (SSSR count). The van der Waals surface area contributed by atoms with E-state index in [2.05, 4.69) is 26.5 Å². The van der Waals surface area contributed by atoms with E-state index in [1.54, 1.807) is 6.21 Å². The molecule has 1 N–H and O–H groups in total. The van der Waals surface area contributed by atoms with Gasteiger partial charge in [0.25, 0.3) is 0 Å². The molecule has 98 valence electrons. The fourth-order valence-corrected chi connectivity index (χ4v) is 1.97. The normalized spacial score (nSPS) is 10.6. The van der Waals surface area contributed by atoms with Gasteiger partial charge in [-0.3, -0.25) is 5.43 Å². The van der Waals surface area contributed by atoms with Crippen LogP contribution < -0.4 is 10.2 Å². The van der Waals surface area contributed by atoms with Gasteiger partial charge in [-0.15, -0.1) is 0 Å².